The number of Topliss-reactive ketones (excluding diaryl/α,β-unsaturated/α-hetero) is 1. The Bertz CT molecular complexity index is 817. The summed E-state index contributed by atoms with van der Waals surface area (Å²) in [4.78, 5) is 24.4. The van der Waals surface area contributed by atoms with E-state index in [9.17, 15) is 14.7 Å². The van der Waals surface area contributed by atoms with Crippen LogP contribution < -0.4 is 0 Å². The average Bonchev–Trinajstić information content (AvgIpc) is 2.93. The van der Waals surface area contributed by atoms with Gasteiger partial charge in [0, 0.05) is 16.7 Å². The van der Waals surface area contributed by atoms with Gasteiger partial charge in [0.1, 0.15) is 12.2 Å². The van der Waals surface area contributed by atoms with Gasteiger partial charge in [0.15, 0.2) is 17.2 Å². The van der Waals surface area contributed by atoms with Crippen molar-refractivity contribution >= 4 is 11.6 Å². The van der Waals surface area contributed by atoms with Crippen molar-refractivity contribution in [3.05, 3.63) is 23.8 Å². The quantitative estimate of drug-likeness (QED) is 0.708. The molecule has 0 unspecified atom stereocenters. The first-order chi connectivity index (χ1) is 12.6. The summed E-state index contributed by atoms with van der Waals surface area (Å²) in [6.45, 7) is 6.02. The Morgan fingerprint density at radius 3 is 2.63 bits per heavy atom. The zero-order valence-corrected chi connectivity index (χ0v) is 16.1. The Labute approximate surface area is 158 Å². The van der Waals surface area contributed by atoms with Crippen LogP contribution in [-0.2, 0) is 14.3 Å². The Hall–Kier alpha value is -1.33. The molecule has 1 saturated heterocycles. The van der Waals surface area contributed by atoms with Crippen molar-refractivity contribution in [2.75, 3.05) is 6.61 Å². The third kappa shape index (κ3) is 1.73. The van der Waals surface area contributed by atoms with Gasteiger partial charge >= 0.3 is 0 Å². The molecule has 27 heavy (non-hydrogen) atoms. The van der Waals surface area contributed by atoms with E-state index in [-0.39, 0.29) is 42.3 Å². The number of aliphatic hydroxyl groups is 1. The minimum Gasteiger partial charge on any atom is -0.390 e. The average molecular weight is 374 g/mol. The fourth-order valence-electron chi connectivity index (χ4n) is 7.59. The normalized spacial score (nSPS) is 56.3. The predicted molar refractivity (Wildman–Crippen MR) is 96.6 cm³/mol. The number of carbonyl (C=O) groups is 2. The molecule has 4 aliphatic carbocycles. The Morgan fingerprint density at radius 1 is 1.26 bits per heavy atom. The number of allylic oxidation sites excluding steroid dienone is 4. The first-order valence-electron chi connectivity index (χ1n) is 10.1. The third-order valence-electron chi connectivity index (χ3n) is 8.99. The highest BCUT2D eigenvalue weighted by atomic mass is 19.1. The number of hydrogen-bond acceptors (Lipinski definition) is 4. The number of rotatable bonds is 0. The topological polar surface area (TPSA) is 63.6 Å². The number of ketones is 2. The van der Waals surface area contributed by atoms with E-state index in [0.29, 0.717) is 12.8 Å². The number of alkyl halides is 1. The maximum absolute atomic E-state index is 16.9. The molecular weight excluding hydrogens is 347 g/mol. The molecule has 0 aromatic carbocycles. The van der Waals surface area contributed by atoms with Crippen LogP contribution in [0.2, 0.25) is 0 Å². The van der Waals surface area contributed by atoms with Crippen molar-refractivity contribution in [3.8, 4) is 0 Å². The Morgan fingerprint density at radius 2 is 2.00 bits per heavy atom. The van der Waals surface area contributed by atoms with Gasteiger partial charge in [-0.25, -0.2) is 4.39 Å². The first-order valence-corrected chi connectivity index (χ1v) is 10.1. The van der Waals surface area contributed by atoms with Crippen LogP contribution in [0.25, 0.3) is 0 Å². The highest BCUT2D eigenvalue weighted by Crippen LogP contribution is 2.71. The van der Waals surface area contributed by atoms with Crippen LogP contribution in [0.1, 0.15) is 46.5 Å². The summed E-state index contributed by atoms with van der Waals surface area (Å²) in [5.41, 5.74) is -3.42. The van der Waals surface area contributed by atoms with Crippen molar-refractivity contribution < 1.29 is 23.8 Å². The second-order valence-corrected chi connectivity index (χ2v) is 9.87. The first kappa shape index (κ1) is 17.7. The molecule has 5 aliphatic rings. The number of fused-ring (bicyclic) bond motifs is 6. The van der Waals surface area contributed by atoms with Crippen LogP contribution in [0, 0.1) is 28.6 Å². The molecule has 0 bridgehead atoms. The Kier molecular flexibility index (Phi) is 3.27. The van der Waals surface area contributed by atoms with Gasteiger partial charge in [-0.05, 0) is 56.6 Å². The van der Waals surface area contributed by atoms with Crippen molar-refractivity contribution in [2.45, 2.75) is 63.8 Å². The van der Waals surface area contributed by atoms with E-state index in [4.69, 9.17) is 4.74 Å². The standard InChI is InChI=1S/C22H27FO4/c1-12-8-16-14-5-7-21(18(26)11-27-21)20(14,3)10-17(25)22(16,23)19(2)6-4-13(24)9-15(12)19/h4,6,9,12,14,16-17,25H,5,7-8,10-11H2,1-3H3/t12-,14+,16+,17+,19+,20+,21+,22+/m1/s1. The fraction of sp³-hybridized carbons (Fsp3) is 0.727. The van der Waals surface area contributed by atoms with E-state index in [2.05, 4.69) is 0 Å². The number of hydrogen-bond donors (Lipinski definition) is 1. The predicted octanol–water partition coefficient (Wildman–Crippen LogP) is 2.94. The molecule has 0 radical (unpaired) electrons. The summed E-state index contributed by atoms with van der Waals surface area (Å²) >= 11 is 0. The highest BCUT2D eigenvalue weighted by Gasteiger charge is 2.76. The van der Waals surface area contributed by atoms with E-state index in [1.165, 1.54) is 6.08 Å². The van der Waals surface area contributed by atoms with E-state index < -0.39 is 28.2 Å². The summed E-state index contributed by atoms with van der Waals surface area (Å²) < 4.78 is 22.8. The van der Waals surface area contributed by atoms with E-state index in [1.807, 2.05) is 20.8 Å². The van der Waals surface area contributed by atoms with E-state index in [0.717, 1.165) is 12.0 Å². The molecule has 1 N–H and O–H groups in total. The lowest BCUT2D eigenvalue weighted by molar-refractivity contribution is -0.246. The second-order valence-electron chi connectivity index (χ2n) is 9.87. The summed E-state index contributed by atoms with van der Waals surface area (Å²) in [5.74, 6) is -0.328. The number of aliphatic hydroxyl groups excluding tert-OH is 1. The summed E-state index contributed by atoms with van der Waals surface area (Å²) in [6, 6.07) is 0. The molecule has 5 heteroatoms. The zero-order chi connectivity index (χ0) is 19.4. The molecule has 4 fully saturated rings. The molecule has 0 amide bonds. The number of ether oxygens (including phenoxy) is 1. The molecule has 5 rings (SSSR count). The van der Waals surface area contributed by atoms with E-state index >= 15 is 4.39 Å². The number of halogens is 1. The highest BCUT2D eigenvalue weighted by molar-refractivity contribution is 6.01. The van der Waals surface area contributed by atoms with Crippen LogP contribution in [0.3, 0.4) is 0 Å². The molecular formula is C22H27FO4. The van der Waals surface area contributed by atoms with Crippen LogP contribution in [0.4, 0.5) is 4.39 Å². The molecule has 0 aromatic rings. The van der Waals surface area contributed by atoms with Crippen molar-refractivity contribution in [1.82, 2.24) is 0 Å². The van der Waals surface area contributed by atoms with Gasteiger partial charge in [-0.15, -0.1) is 0 Å². The van der Waals surface area contributed by atoms with Crippen molar-refractivity contribution in [3.63, 3.8) is 0 Å². The Balaban J connectivity index is 1.64. The molecule has 1 aliphatic heterocycles. The second kappa shape index (κ2) is 4.98. The molecule has 4 nitrogen and oxygen atoms in total. The van der Waals surface area contributed by atoms with Gasteiger partial charge in [0.2, 0.25) is 0 Å². The van der Waals surface area contributed by atoms with Crippen molar-refractivity contribution in [1.29, 1.82) is 0 Å². The summed E-state index contributed by atoms with van der Waals surface area (Å²) in [5, 5.41) is 11.2. The minimum absolute atomic E-state index is 0.0120. The minimum atomic E-state index is -1.84. The van der Waals surface area contributed by atoms with Crippen LogP contribution in [-0.4, -0.2) is 40.7 Å². The van der Waals surface area contributed by atoms with Gasteiger partial charge in [0.05, 0.1) is 6.10 Å². The molecule has 0 aromatic heterocycles. The lowest BCUT2D eigenvalue weighted by Crippen LogP contribution is -2.72. The monoisotopic (exact) mass is 374 g/mol. The van der Waals surface area contributed by atoms with Crippen LogP contribution >= 0.6 is 0 Å². The van der Waals surface area contributed by atoms with Gasteiger partial charge in [-0.1, -0.05) is 25.5 Å². The van der Waals surface area contributed by atoms with Gasteiger partial charge < -0.3 is 9.84 Å². The number of carbonyl (C=O) groups excluding carboxylic acids is 2. The molecule has 8 atom stereocenters. The molecule has 3 saturated carbocycles. The van der Waals surface area contributed by atoms with Crippen molar-refractivity contribution in [2.24, 2.45) is 28.6 Å². The van der Waals surface area contributed by atoms with Crippen LogP contribution in [0.5, 0.6) is 0 Å². The molecule has 1 heterocycles. The van der Waals surface area contributed by atoms with Gasteiger partial charge in [-0.3, -0.25) is 9.59 Å². The largest absolute Gasteiger partial charge is 0.390 e. The van der Waals surface area contributed by atoms with Crippen LogP contribution in [0.15, 0.2) is 23.8 Å². The smallest absolute Gasteiger partial charge is 0.190 e. The lowest BCUT2D eigenvalue weighted by atomic mass is 9.43. The lowest BCUT2D eigenvalue weighted by Gasteiger charge is -2.64. The summed E-state index contributed by atoms with van der Waals surface area (Å²) in [7, 11) is 0. The maximum Gasteiger partial charge on any atom is 0.190 e. The van der Waals surface area contributed by atoms with Gasteiger partial charge in [0.25, 0.3) is 0 Å². The zero-order valence-electron chi connectivity index (χ0n) is 16.1. The maximum atomic E-state index is 16.9. The molecule has 146 valence electrons. The molecule has 1 spiro atoms. The third-order valence-corrected chi connectivity index (χ3v) is 8.99. The fourth-order valence-corrected chi connectivity index (χ4v) is 7.59. The van der Waals surface area contributed by atoms with Gasteiger partial charge in [-0.2, -0.15) is 0 Å². The SMILES string of the molecule is C[C@@H]1C[C@H]2[C@@H]3CC[C@@]4(OCC4=O)[C@@]3(C)C[C@H](O)[C@]2(F)[C@@]2(C)C=CC(=O)C=C12. The summed E-state index contributed by atoms with van der Waals surface area (Å²) in [6.07, 6.45) is 5.65. The van der Waals surface area contributed by atoms with E-state index in [1.54, 1.807) is 12.2 Å².